The van der Waals surface area contributed by atoms with Crippen LogP contribution in [0, 0.1) is 5.92 Å². The average molecular weight is 808 g/mol. The van der Waals surface area contributed by atoms with E-state index in [-0.39, 0.29) is 48.9 Å². The van der Waals surface area contributed by atoms with Crippen molar-refractivity contribution in [1.29, 1.82) is 0 Å². The van der Waals surface area contributed by atoms with Gasteiger partial charge >= 0.3 is 0 Å². The fourth-order valence-electron chi connectivity index (χ4n) is 6.64. The summed E-state index contributed by atoms with van der Waals surface area (Å²) < 4.78 is 38.9. The fourth-order valence-corrected chi connectivity index (χ4v) is 8.91. The highest BCUT2D eigenvalue weighted by Gasteiger charge is 2.50. The van der Waals surface area contributed by atoms with Crippen LogP contribution in [-0.4, -0.2) is 65.2 Å². The molecule has 14 heteroatoms. The minimum atomic E-state index is -3.63. The third-order valence-electron chi connectivity index (χ3n) is 10.7. The highest BCUT2D eigenvalue weighted by molar-refractivity contribution is 7.91. The zero-order valence-corrected chi connectivity index (χ0v) is 35.2. The first-order valence-electron chi connectivity index (χ1n) is 19.6. The van der Waals surface area contributed by atoms with Crippen molar-refractivity contribution in [2.45, 2.75) is 134 Å². The van der Waals surface area contributed by atoms with E-state index < -0.39 is 38.7 Å². The second-order valence-corrected chi connectivity index (χ2v) is 19.4. The number of hydrogen-bond acceptors (Lipinski definition) is 10. The first-order valence-corrected chi connectivity index (χ1v) is 22.0. The van der Waals surface area contributed by atoms with Gasteiger partial charge in [-0.2, -0.15) is 0 Å². The lowest BCUT2D eigenvalue weighted by Crippen LogP contribution is -2.43. The minimum absolute atomic E-state index is 0.0372. The molecule has 3 heterocycles. The smallest absolute Gasteiger partial charge is 0.259 e. The van der Waals surface area contributed by atoms with Gasteiger partial charge < -0.3 is 19.8 Å². The van der Waals surface area contributed by atoms with Gasteiger partial charge in [-0.15, -0.1) is 11.3 Å². The van der Waals surface area contributed by atoms with E-state index >= 15 is 0 Å². The lowest BCUT2D eigenvalue weighted by molar-refractivity contribution is -0.137. The van der Waals surface area contributed by atoms with Gasteiger partial charge in [-0.1, -0.05) is 77.5 Å². The highest BCUT2D eigenvalue weighted by atomic mass is 32.2. The molecule has 0 radical (unpaired) electrons. The molecule has 1 aliphatic carbocycles. The van der Waals surface area contributed by atoms with Crippen molar-refractivity contribution in [3.8, 4) is 0 Å². The number of amides is 3. The molecule has 3 amide bonds. The number of furan rings is 1. The Labute approximate surface area is 334 Å². The molecule has 304 valence electrons. The van der Waals surface area contributed by atoms with Crippen molar-refractivity contribution in [3.63, 3.8) is 0 Å². The van der Waals surface area contributed by atoms with E-state index in [0.29, 0.717) is 41.2 Å². The number of aromatic nitrogens is 1. The molecule has 2 aliphatic rings. The summed E-state index contributed by atoms with van der Waals surface area (Å²) in [4.78, 5) is 49.7. The number of carbonyl (C=O) groups excluding carboxylic acids is 3. The second kappa shape index (κ2) is 17.9. The van der Waals surface area contributed by atoms with Crippen molar-refractivity contribution in [1.82, 2.24) is 14.6 Å². The molecule has 3 N–H and O–H groups in total. The summed E-state index contributed by atoms with van der Waals surface area (Å²) in [5.74, 6) is -1.03. The van der Waals surface area contributed by atoms with Gasteiger partial charge in [0.1, 0.15) is 22.7 Å². The number of benzene rings is 1. The number of thiazole rings is 1. The maximum absolute atomic E-state index is 13.5. The second-order valence-electron chi connectivity index (χ2n) is 16.4. The van der Waals surface area contributed by atoms with Crippen LogP contribution in [-0.2, 0) is 34.6 Å². The lowest BCUT2D eigenvalue weighted by Gasteiger charge is -2.21. The Morgan fingerprint density at radius 2 is 1.91 bits per heavy atom. The molecule has 1 aromatic carbocycles. The number of hydrogen-bond donors (Lipinski definition) is 2. The Bertz CT molecular complexity index is 2190. The van der Waals surface area contributed by atoms with Crippen LogP contribution in [0.2, 0.25) is 0 Å². The van der Waals surface area contributed by atoms with E-state index in [4.69, 9.17) is 24.9 Å². The van der Waals surface area contributed by atoms with Gasteiger partial charge in [-0.3, -0.25) is 19.1 Å². The van der Waals surface area contributed by atoms with Crippen molar-refractivity contribution >= 4 is 68.2 Å². The van der Waals surface area contributed by atoms with Crippen LogP contribution in [0.25, 0.3) is 23.4 Å². The molecule has 5 rings (SSSR count). The van der Waals surface area contributed by atoms with E-state index in [1.54, 1.807) is 6.92 Å². The number of carbonyl (C=O) groups is 3. The van der Waals surface area contributed by atoms with Gasteiger partial charge in [0, 0.05) is 40.7 Å². The zero-order chi connectivity index (χ0) is 40.8. The Morgan fingerprint density at radius 1 is 1.20 bits per heavy atom. The molecular weight excluding hydrogens is 751 g/mol. The van der Waals surface area contributed by atoms with Crippen LogP contribution in [0.3, 0.4) is 0 Å². The largest absolute Gasteiger partial charge is 0.470 e. The van der Waals surface area contributed by atoms with Gasteiger partial charge in [0.15, 0.2) is 5.42 Å². The number of fused-ring (bicyclic) bond motifs is 1. The number of nitrogens with zero attached hydrogens (tertiary/aromatic N) is 3. The Hall–Kier alpha value is -4.30. The number of nitrogens with one attached hydrogen (secondary N) is 1. The fraction of sp³-hybridized carbons (Fsp3) is 0.548. The van der Waals surface area contributed by atoms with Gasteiger partial charge in [-0.25, -0.2) is 18.4 Å². The molecule has 12 nitrogen and oxygen atoms in total. The van der Waals surface area contributed by atoms with Gasteiger partial charge in [0.05, 0.1) is 22.7 Å². The molecule has 1 saturated carbocycles. The molecule has 2 fully saturated rings. The summed E-state index contributed by atoms with van der Waals surface area (Å²) in [5.41, 5.74) is 8.30. The molecule has 56 heavy (non-hydrogen) atoms. The van der Waals surface area contributed by atoms with Gasteiger partial charge in [-0.05, 0) is 64.4 Å². The van der Waals surface area contributed by atoms with Crippen LogP contribution in [0.1, 0.15) is 123 Å². The van der Waals surface area contributed by atoms with E-state index in [0.717, 1.165) is 48.2 Å². The molecule has 0 unspecified atom stereocenters. The summed E-state index contributed by atoms with van der Waals surface area (Å²) >= 11 is 1.50. The summed E-state index contributed by atoms with van der Waals surface area (Å²) in [7, 11) is -3.63. The van der Waals surface area contributed by atoms with Crippen molar-refractivity contribution in [3.05, 3.63) is 63.1 Å². The van der Waals surface area contributed by atoms with E-state index in [2.05, 4.69) is 32.1 Å². The predicted octanol–water partition coefficient (Wildman–Crippen LogP) is 5.96. The van der Waals surface area contributed by atoms with Gasteiger partial charge in [0.2, 0.25) is 27.7 Å². The number of sulfonamides is 1. The van der Waals surface area contributed by atoms with Crippen LogP contribution in [0.4, 0.5) is 0 Å². The van der Waals surface area contributed by atoms with Gasteiger partial charge in [0.25, 0.3) is 5.88 Å². The summed E-state index contributed by atoms with van der Waals surface area (Å²) in [6, 6.07) is 6.76. The maximum Gasteiger partial charge on any atom is 0.259 e. The van der Waals surface area contributed by atoms with E-state index in [1.165, 1.54) is 16.2 Å². The zero-order valence-electron chi connectivity index (χ0n) is 33.6. The van der Waals surface area contributed by atoms with Crippen LogP contribution < -0.4 is 21.1 Å². The summed E-state index contributed by atoms with van der Waals surface area (Å²) in [6.07, 6.45) is 10.1. The monoisotopic (exact) mass is 807 g/mol. The van der Waals surface area contributed by atoms with Crippen molar-refractivity contribution in [2.75, 3.05) is 6.54 Å². The molecule has 0 spiro atoms. The average Bonchev–Trinajstić information content (AvgIpc) is 3.47. The number of para-hydroxylation sites is 1. The third kappa shape index (κ3) is 10.6. The molecular formula is C42H57N5O7S2. The number of unbranched alkanes of at least 4 members (excludes halogenated alkanes) is 4. The quantitative estimate of drug-likeness (QED) is 0.0901. The lowest BCUT2D eigenvalue weighted by atomic mass is 9.93. The number of primary amides is 1. The molecule has 3 atom stereocenters. The minimum Gasteiger partial charge on any atom is -0.470 e. The Kier molecular flexibility index (Phi) is 13.7. The number of allylic oxidation sites excluding steroid dienone is 2. The molecule has 3 aromatic rings. The maximum atomic E-state index is 13.5. The SMILES string of the molecule is C=c1/c(=C(\N=C(C)c2nc(C(C)(C)C)cs2)O[C@@H]2C[C@@H](C(N)=O)N(C(=O)CCCCCC/C=C\[C@H](CC)CC(=O)NS(=O)(=O)C3(C)CC3)C2)oc2ccccc12. The molecule has 1 saturated heterocycles. The number of ether oxygens (including phenoxy) is 1. The standard InChI is InChI=1S/C42H57N5O7S2/c1-8-29(23-35(48)46-56(51,52)42(7)21-22-42)17-13-11-9-10-12-14-20-36(49)47-25-30(24-32(47)38(43)50)53-39(37-27(2)31-18-15-16-19-33(31)54-37)44-28(3)40-45-34(26-55-40)41(4,5)6/h13,15-19,26,29-30,32H,2,8-12,14,20-25H2,1,3-7H3,(H2,43,50)(H,46,48)/b17-13-,39-37-,44-28?/t29-,30+,32-/m0/s1. The Balaban J connectivity index is 1.16. The normalized spacial score (nSPS) is 19.7. The van der Waals surface area contributed by atoms with E-state index in [9.17, 15) is 22.8 Å². The molecule has 2 aromatic heterocycles. The number of aliphatic imine (C=N–C) groups is 1. The summed E-state index contributed by atoms with van der Waals surface area (Å²) in [6.45, 7) is 16.3. The van der Waals surface area contributed by atoms with Crippen LogP contribution in [0.5, 0.6) is 0 Å². The molecule has 0 bridgehead atoms. The summed E-state index contributed by atoms with van der Waals surface area (Å²) in [5, 5.41) is 4.23. The van der Waals surface area contributed by atoms with Crippen molar-refractivity contribution in [2.24, 2.45) is 16.6 Å². The first kappa shape index (κ1) is 42.8. The van der Waals surface area contributed by atoms with Crippen LogP contribution in [0.15, 0.2) is 51.2 Å². The van der Waals surface area contributed by atoms with Crippen molar-refractivity contribution < 1.29 is 32.0 Å². The number of likely N-dealkylation sites (tertiary alicyclic amines) is 1. The topological polar surface area (TPSA) is 174 Å². The molecule has 1 aliphatic heterocycles. The third-order valence-corrected chi connectivity index (χ3v) is 13.8. The first-order chi connectivity index (χ1) is 26.4. The number of nitrogens with two attached hydrogens (primary N) is 1. The Morgan fingerprint density at radius 3 is 2.55 bits per heavy atom. The van der Waals surface area contributed by atoms with Crippen LogP contribution >= 0.6 is 11.3 Å². The number of rotatable bonds is 18. The highest BCUT2D eigenvalue weighted by Crippen LogP contribution is 2.42. The predicted molar refractivity (Wildman–Crippen MR) is 222 cm³/mol. The van der Waals surface area contributed by atoms with E-state index in [1.807, 2.05) is 55.6 Å².